The van der Waals surface area contributed by atoms with Gasteiger partial charge in [-0.2, -0.15) is 0 Å². The molecule has 2 nitrogen and oxygen atoms in total. The highest BCUT2D eigenvalue weighted by Crippen LogP contribution is 2.43. The molecule has 0 bridgehead atoms. The lowest BCUT2D eigenvalue weighted by atomic mass is 10.2. The minimum absolute atomic E-state index is 0.0567. The summed E-state index contributed by atoms with van der Waals surface area (Å²) in [6, 6.07) is 0. The molecule has 0 saturated carbocycles. The van der Waals surface area contributed by atoms with E-state index in [0.29, 0.717) is 13.2 Å². The number of thioether (sulfide) groups is 1. The minimum atomic E-state index is 0.0567. The van der Waals surface area contributed by atoms with Crippen molar-refractivity contribution in [3.05, 3.63) is 23.0 Å². The molecule has 0 aliphatic carbocycles. The standard InChI is InChI=1S/C8H10O2S/c1-5-7-8(6(2)11-5)10-4-3-9-7/h7-8H,1-4H2. The predicted octanol–water partition coefficient (Wildman–Crippen LogP) is 1.54. The molecule has 2 atom stereocenters. The lowest BCUT2D eigenvalue weighted by molar-refractivity contribution is -0.101. The van der Waals surface area contributed by atoms with Gasteiger partial charge in [-0.1, -0.05) is 24.9 Å². The van der Waals surface area contributed by atoms with Gasteiger partial charge in [0.15, 0.2) is 0 Å². The summed E-state index contributed by atoms with van der Waals surface area (Å²) in [4.78, 5) is 2.06. The Hall–Kier alpha value is -0.250. The molecule has 2 fully saturated rings. The van der Waals surface area contributed by atoms with Crippen LogP contribution in [-0.2, 0) is 9.47 Å². The normalized spacial score (nSPS) is 37.5. The summed E-state index contributed by atoms with van der Waals surface area (Å²) in [6.45, 7) is 9.12. The van der Waals surface area contributed by atoms with Crippen molar-refractivity contribution in [2.45, 2.75) is 12.2 Å². The van der Waals surface area contributed by atoms with Gasteiger partial charge < -0.3 is 9.47 Å². The maximum Gasteiger partial charge on any atom is 0.119 e. The molecule has 0 amide bonds. The Morgan fingerprint density at radius 2 is 1.55 bits per heavy atom. The molecule has 2 aliphatic rings. The van der Waals surface area contributed by atoms with Gasteiger partial charge in [0.25, 0.3) is 0 Å². The van der Waals surface area contributed by atoms with Crippen LogP contribution in [0.15, 0.2) is 23.0 Å². The molecule has 0 aromatic heterocycles. The topological polar surface area (TPSA) is 18.5 Å². The van der Waals surface area contributed by atoms with Crippen molar-refractivity contribution >= 4 is 11.8 Å². The Balaban J connectivity index is 2.19. The summed E-state index contributed by atoms with van der Waals surface area (Å²) in [6.07, 6.45) is 0.113. The van der Waals surface area contributed by atoms with E-state index in [2.05, 4.69) is 13.2 Å². The first kappa shape index (κ1) is 7.40. The monoisotopic (exact) mass is 170 g/mol. The van der Waals surface area contributed by atoms with E-state index >= 15 is 0 Å². The van der Waals surface area contributed by atoms with Gasteiger partial charge in [0.05, 0.1) is 13.2 Å². The molecule has 0 radical (unpaired) electrons. The first-order valence-electron chi connectivity index (χ1n) is 3.57. The lowest BCUT2D eigenvalue weighted by Crippen LogP contribution is -2.35. The zero-order valence-electron chi connectivity index (χ0n) is 6.21. The van der Waals surface area contributed by atoms with Crippen LogP contribution in [0.5, 0.6) is 0 Å². The second kappa shape index (κ2) is 2.66. The van der Waals surface area contributed by atoms with Gasteiger partial charge in [0.1, 0.15) is 12.2 Å². The second-order valence-corrected chi connectivity index (χ2v) is 3.87. The summed E-state index contributed by atoms with van der Waals surface area (Å²) >= 11 is 1.59. The third-order valence-electron chi connectivity index (χ3n) is 1.85. The van der Waals surface area contributed by atoms with E-state index < -0.39 is 0 Å². The van der Waals surface area contributed by atoms with Crippen LogP contribution in [0.25, 0.3) is 0 Å². The van der Waals surface area contributed by atoms with Crippen molar-refractivity contribution < 1.29 is 9.47 Å². The summed E-state index contributed by atoms with van der Waals surface area (Å²) in [5, 5.41) is 0. The molecule has 2 saturated heterocycles. The van der Waals surface area contributed by atoms with E-state index in [9.17, 15) is 0 Å². The Morgan fingerprint density at radius 1 is 1.09 bits per heavy atom. The van der Waals surface area contributed by atoms with Crippen LogP contribution in [-0.4, -0.2) is 25.4 Å². The fourth-order valence-corrected chi connectivity index (χ4v) is 2.29. The fraction of sp³-hybridized carbons (Fsp3) is 0.500. The van der Waals surface area contributed by atoms with Gasteiger partial charge in [0, 0.05) is 9.81 Å². The molecular formula is C8H10O2S. The van der Waals surface area contributed by atoms with Crippen LogP contribution >= 0.6 is 11.8 Å². The van der Waals surface area contributed by atoms with E-state index in [4.69, 9.17) is 9.47 Å². The molecule has 60 valence electrons. The SMILES string of the molecule is C=C1SC(=C)C2OCCOC12. The summed E-state index contributed by atoms with van der Waals surface area (Å²) in [5.41, 5.74) is 0. The first-order chi connectivity index (χ1) is 5.29. The fourth-order valence-electron chi connectivity index (χ4n) is 1.33. The highest BCUT2D eigenvalue weighted by Gasteiger charge is 2.38. The molecule has 0 aromatic carbocycles. The highest BCUT2D eigenvalue weighted by atomic mass is 32.2. The van der Waals surface area contributed by atoms with Crippen LogP contribution in [0.2, 0.25) is 0 Å². The average Bonchev–Trinajstić information content (AvgIpc) is 2.30. The second-order valence-electron chi connectivity index (χ2n) is 2.62. The smallest absolute Gasteiger partial charge is 0.119 e. The molecule has 0 N–H and O–H groups in total. The molecule has 2 rings (SSSR count). The molecule has 0 aromatic rings. The van der Waals surface area contributed by atoms with Gasteiger partial charge in [-0.15, -0.1) is 0 Å². The third-order valence-corrected chi connectivity index (χ3v) is 2.84. The minimum Gasteiger partial charge on any atom is -0.367 e. The van der Waals surface area contributed by atoms with Crippen molar-refractivity contribution in [3.8, 4) is 0 Å². The van der Waals surface area contributed by atoms with Crippen LogP contribution < -0.4 is 0 Å². The largest absolute Gasteiger partial charge is 0.367 e. The molecule has 0 spiro atoms. The summed E-state index contributed by atoms with van der Waals surface area (Å²) < 4.78 is 11.0. The molecule has 2 unspecified atom stereocenters. The molecule has 2 aliphatic heterocycles. The highest BCUT2D eigenvalue weighted by molar-refractivity contribution is 8.07. The van der Waals surface area contributed by atoms with E-state index in [1.54, 1.807) is 11.8 Å². The van der Waals surface area contributed by atoms with Gasteiger partial charge in [0.2, 0.25) is 0 Å². The lowest BCUT2D eigenvalue weighted by Gasteiger charge is -2.25. The zero-order chi connectivity index (χ0) is 7.84. The van der Waals surface area contributed by atoms with Crippen molar-refractivity contribution in [3.63, 3.8) is 0 Å². The van der Waals surface area contributed by atoms with E-state index in [0.717, 1.165) is 9.81 Å². The van der Waals surface area contributed by atoms with Gasteiger partial charge in [-0.3, -0.25) is 0 Å². The number of hydrogen-bond donors (Lipinski definition) is 0. The van der Waals surface area contributed by atoms with Gasteiger partial charge in [-0.25, -0.2) is 0 Å². The van der Waals surface area contributed by atoms with Crippen molar-refractivity contribution in [2.24, 2.45) is 0 Å². The molecule has 3 heteroatoms. The Morgan fingerprint density at radius 3 is 2.00 bits per heavy atom. The van der Waals surface area contributed by atoms with Crippen LogP contribution in [0.1, 0.15) is 0 Å². The van der Waals surface area contributed by atoms with E-state index in [-0.39, 0.29) is 12.2 Å². The van der Waals surface area contributed by atoms with Crippen molar-refractivity contribution in [1.82, 2.24) is 0 Å². The van der Waals surface area contributed by atoms with Crippen molar-refractivity contribution in [1.29, 1.82) is 0 Å². The molecule has 11 heavy (non-hydrogen) atoms. The third kappa shape index (κ3) is 1.13. The maximum atomic E-state index is 5.48. The van der Waals surface area contributed by atoms with E-state index in [1.165, 1.54) is 0 Å². The van der Waals surface area contributed by atoms with Gasteiger partial charge >= 0.3 is 0 Å². The average molecular weight is 170 g/mol. The number of rotatable bonds is 0. The number of ether oxygens (including phenoxy) is 2. The Kier molecular flexibility index (Phi) is 1.79. The van der Waals surface area contributed by atoms with Crippen LogP contribution in [0.3, 0.4) is 0 Å². The van der Waals surface area contributed by atoms with Crippen LogP contribution in [0.4, 0.5) is 0 Å². The number of fused-ring (bicyclic) bond motifs is 1. The van der Waals surface area contributed by atoms with Crippen LogP contribution in [0, 0.1) is 0 Å². The van der Waals surface area contributed by atoms with Gasteiger partial charge in [-0.05, 0) is 0 Å². The zero-order valence-corrected chi connectivity index (χ0v) is 7.02. The Labute approximate surface area is 70.3 Å². The maximum absolute atomic E-state index is 5.48. The summed E-state index contributed by atoms with van der Waals surface area (Å²) in [5.74, 6) is 0. The van der Waals surface area contributed by atoms with E-state index in [1.807, 2.05) is 0 Å². The number of hydrogen-bond acceptors (Lipinski definition) is 3. The molecular weight excluding hydrogens is 160 g/mol. The predicted molar refractivity (Wildman–Crippen MR) is 45.4 cm³/mol. The summed E-state index contributed by atoms with van der Waals surface area (Å²) in [7, 11) is 0. The van der Waals surface area contributed by atoms with Crippen molar-refractivity contribution in [2.75, 3.05) is 13.2 Å². The first-order valence-corrected chi connectivity index (χ1v) is 4.39. The molecule has 2 heterocycles. The Bertz CT molecular complexity index is 190. The quantitative estimate of drug-likeness (QED) is 0.549.